The van der Waals surface area contributed by atoms with Crippen LogP contribution in [0.2, 0.25) is 0 Å². The third-order valence-electron chi connectivity index (χ3n) is 4.68. The van der Waals surface area contributed by atoms with Gasteiger partial charge in [-0.2, -0.15) is 4.98 Å². The highest BCUT2D eigenvalue weighted by Gasteiger charge is 2.21. The second-order valence-electron chi connectivity index (χ2n) is 6.57. The van der Waals surface area contributed by atoms with Crippen LogP contribution in [-0.4, -0.2) is 30.2 Å². The number of piperidine rings is 1. The second kappa shape index (κ2) is 7.51. The highest BCUT2D eigenvalue weighted by Crippen LogP contribution is 2.26. The zero-order valence-corrected chi connectivity index (χ0v) is 14.5. The Kier molecular flexibility index (Phi) is 5.18. The van der Waals surface area contributed by atoms with Gasteiger partial charge in [-0.25, -0.2) is 4.98 Å². The first-order valence-corrected chi connectivity index (χ1v) is 8.63. The first kappa shape index (κ1) is 16.6. The monoisotopic (exact) mass is 326 g/mol. The molecule has 2 aromatic rings. The Balaban J connectivity index is 1.61. The summed E-state index contributed by atoms with van der Waals surface area (Å²) >= 11 is 0. The summed E-state index contributed by atoms with van der Waals surface area (Å²) in [6, 6.07) is 10.4. The zero-order chi connectivity index (χ0) is 16.9. The van der Waals surface area contributed by atoms with Crippen molar-refractivity contribution in [1.29, 1.82) is 0 Å². The Bertz CT molecular complexity index is 669. The molecule has 5 nitrogen and oxygen atoms in total. The van der Waals surface area contributed by atoms with E-state index in [1.54, 1.807) is 7.11 Å². The molecule has 1 saturated heterocycles. The zero-order valence-electron chi connectivity index (χ0n) is 14.5. The van der Waals surface area contributed by atoms with Gasteiger partial charge >= 0.3 is 0 Å². The summed E-state index contributed by atoms with van der Waals surface area (Å²) in [5.41, 5.74) is 8.07. The predicted octanol–water partition coefficient (Wildman–Crippen LogP) is 3.23. The van der Waals surface area contributed by atoms with Crippen LogP contribution in [0.15, 0.2) is 30.3 Å². The Labute approximate surface area is 143 Å². The molecule has 24 heavy (non-hydrogen) atoms. The van der Waals surface area contributed by atoms with Gasteiger partial charge in [0.2, 0.25) is 5.95 Å². The van der Waals surface area contributed by atoms with Crippen LogP contribution in [-0.2, 0) is 6.42 Å². The van der Waals surface area contributed by atoms with Crippen LogP contribution < -0.4 is 15.4 Å². The van der Waals surface area contributed by atoms with Crippen molar-refractivity contribution in [3.63, 3.8) is 0 Å². The van der Waals surface area contributed by atoms with Gasteiger partial charge in [-0.05, 0) is 56.2 Å². The van der Waals surface area contributed by atoms with E-state index in [9.17, 15) is 0 Å². The summed E-state index contributed by atoms with van der Waals surface area (Å²) < 4.78 is 5.31. The molecule has 0 unspecified atom stereocenters. The van der Waals surface area contributed by atoms with E-state index in [0.717, 1.165) is 36.8 Å². The number of benzene rings is 1. The van der Waals surface area contributed by atoms with Gasteiger partial charge in [0.15, 0.2) is 0 Å². The number of hydrogen-bond acceptors (Lipinski definition) is 5. The first-order chi connectivity index (χ1) is 11.6. The molecule has 0 aliphatic carbocycles. The van der Waals surface area contributed by atoms with Crippen LogP contribution in [0, 0.1) is 12.8 Å². The van der Waals surface area contributed by atoms with E-state index in [1.807, 2.05) is 19.1 Å². The van der Waals surface area contributed by atoms with Crippen molar-refractivity contribution in [3.8, 4) is 5.75 Å². The van der Waals surface area contributed by atoms with Gasteiger partial charge in [0.1, 0.15) is 11.6 Å². The van der Waals surface area contributed by atoms with Crippen molar-refractivity contribution in [2.45, 2.75) is 32.6 Å². The lowest BCUT2D eigenvalue weighted by molar-refractivity contribution is 0.389. The van der Waals surface area contributed by atoms with Crippen LogP contribution in [0.5, 0.6) is 5.75 Å². The van der Waals surface area contributed by atoms with Crippen LogP contribution in [0.25, 0.3) is 0 Å². The number of methoxy groups -OCH3 is 1. The number of nitrogens with two attached hydrogens (primary N) is 1. The molecule has 1 fully saturated rings. The van der Waals surface area contributed by atoms with Crippen LogP contribution in [0.1, 0.15) is 30.5 Å². The van der Waals surface area contributed by atoms with E-state index in [1.165, 1.54) is 24.8 Å². The second-order valence-corrected chi connectivity index (χ2v) is 6.57. The molecule has 0 amide bonds. The molecule has 1 aromatic carbocycles. The number of hydrogen-bond donors (Lipinski definition) is 1. The third-order valence-corrected chi connectivity index (χ3v) is 4.68. The molecule has 1 aromatic heterocycles. The Morgan fingerprint density at radius 1 is 1.29 bits per heavy atom. The van der Waals surface area contributed by atoms with E-state index >= 15 is 0 Å². The van der Waals surface area contributed by atoms with Gasteiger partial charge in [0.25, 0.3) is 0 Å². The average Bonchev–Trinajstić information content (AvgIpc) is 2.59. The quantitative estimate of drug-likeness (QED) is 0.914. The number of nitrogen functional groups attached to an aromatic ring is 1. The maximum Gasteiger partial charge on any atom is 0.222 e. The van der Waals surface area contributed by atoms with Crippen molar-refractivity contribution in [1.82, 2.24) is 9.97 Å². The maximum atomic E-state index is 5.80. The molecule has 0 spiro atoms. The minimum atomic E-state index is 0.364. The fourth-order valence-electron chi connectivity index (χ4n) is 3.44. The lowest BCUT2D eigenvalue weighted by Crippen LogP contribution is -2.36. The molecule has 1 atom stereocenters. The van der Waals surface area contributed by atoms with Crippen molar-refractivity contribution in [3.05, 3.63) is 41.6 Å². The number of rotatable bonds is 5. The molecule has 128 valence electrons. The molecular weight excluding hydrogens is 300 g/mol. The Morgan fingerprint density at radius 2 is 2.17 bits per heavy atom. The van der Waals surface area contributed by atoms with Gasteiger partial charge in [-0.3, -0.25) is 0 Å². The number of anilines is 2. The highest BCUT2D eigenvalue weighted by molar-refractivity contribution is 5.43. The topological polar surface area (TPSA) is 64.3 Å². The van der Waals surface area contributed by atoms with E-state index in [4.69, 9.17) is 10.5 Å². The van der Waals surface area contributed by atoms with Gasteiger partial charge < -0.3 is 15.4 Å². The maximum absolute atomic E-state index is 5.80. The largest absolute Gasteiger partial charge is 0.497 e. The van der Waals surface area contributed by atoms with Crippen LogP contribution in [0.4, 0.5) is 11.8 Å². The van der Waals surface area contributed by atoms with E-state index < -0.39 is 0 Å². The van der Waals surface area contributed by atoms with Gasteiger partial charge in [0.05, 0.1) is 7.11 Å². The molecule has 0 bridgehead atoms. The van der Waals surface area contributed by atoms with Crippen LogP contribution >= 0.6 is 0 Å². The average molecular weight is 326 g/mol. The fourth-order valence-corrected chi connectivity index (χ4v) is 3.44. The SMILES string of the molecule is COc1cccc(CC[C@@H]2CCCN(c3cc(C)nc(N)n3)C2)c1. The minimum absolute atomic E-state index is 0.364. The summed E-state index contributed by atoms with van der Waals surface area (Å²) in [5, 5.41) is 0. The van der Waals surface area contributed by atoms with E-state index in [0.29, 0.717) is 11.9 Å². The van der Waals surface area contributed by atoms with Gasteiger partial charge in [-0.1, -0.05) is 12.1 Å². The standard InChI is InChI=1S/C19H26N4O/c1-14-11-18(22-19(20)21-14)23-10-4-6-16(13-23)9-8-15-5-3-7-17(12-15)24-2/h3,5,7,11-12,16H,4,6,8-10,13H2,1-2H3,(H2,20,21,22)/t16-/m0/s1. The van der Waals surface area contributed by atoms with E-state index in [-0.39, 0.29) is 0 Å². The molecular formula is C19H26N4O. The van der Waals surface area contributed by atoms with Crippen molar-refractivity contribution in [2.24, 2.45) is 5.92 Å². The van der Waals surface area contributed by atoms with Crippen molar-refractivity contribution < 1.29 is 4.74 Å². The number of aromatic nitrogens is 2. The summed E-state index contributed by atoms with van der Waals surface area (Å²) in [6.07, 6.45) is 4.75. The number of ether oxygens (including phenoxy) is 1. The highest BCUT2D eigenvalue weighted by atomic mass is 16.5. The Morgan fingerprint density at radius 3 is 2.96 bits per heavy atom. The normalized spacial score (nSPS) is 17.8. The molecule has 2 N–H and O–H groups in total. The summed E-state index contributed by atoms with van der Waals surface area (Å²) in [4.78, 5) is 10.9. The molecule has 1 aliphatic heterocycles. The third kappa shape index (κ3) is 4.16. The molecule has 2 heterocycles. The van der Waals surface area contributed by atoms with Crippen molar-refractivity contribution >= 4 is 11.8 Å². The summed E-state index contributed by atoms with van der Waals surface area (Å²) in [6.45, 7) is 4.05. The van der Waals surface area contributed by atoms with Crippen LogP contribution in [0.3, 0.4) is 0 Å². The number of aryl methyl sites for hydroxylation is 2. The molecule has 0 saturated carbocycles. The fraction of sp³-hybridized carbons (Fsp3) is 0.474. The lowest BCUT2D eigenvalue weighted by atomic mass is 9.91. The summed E-state index contributed by atoms with van der Waals surface area (Å²) in [5.74, 6) is 2.95. The van der Waals surface area contributed by atoms with Gasteiger partial charge in [0, 0.05) is 24.8 Å². The molecule has 5 heteroatoms. The molecule has 0 radical (unpaired) electrons. The minimum Gasteiger partial charge on any atom is -0.497 e. The van der Waals surface area contributed by atoms with Gasteiger partial charge in [-0.15, -0.1) is 0 Å². The lowest BCUT2D eigenvalue weighted by Gasteiger charge is -2.33. The first-order valence-electron chi connectivity index (χ1n) is 8.63. The predicted molar refractivity (Wildman–Crippen MR) is 97.4 cm³/mol. The van der Waals surface area contributed by atoms with E-state index in [2.05, 4.69) is 33.1 Å². The molecule has 1 aliphatic rings. The smallest absolute Gasteiger partial charge is 0.222 e. The van der Waals surface area contributed by atoms with Crippen molar-refractivity contribution in [2.75, 3.05) is 30.8 Å². The Hall–Kier alpha value is -2.30. The summed E-state index contributed by atoms with van der Waals surface area (Å²) in [7, 11) is 1.72. The number of nitrogens with zero attached hydrogens (tertiary/aromatic N) is 3. The molecule has 3 rings (SSSR count).